The third-order valence-electron chi connectivity index (χ3n) is 4.55. The summed E-state index contributed by atoms with van der Waals surface area (Å²) in [5.74, 6) is 0. The van der Waals surface area contributed by atoms with Crippen molar-refractivity contribution in [1.82, 2.24) is 4.90 Å². The number of nitrogens with zero attached hydrogens (tertiary/aromatic N) is 1. The minimum Gasteiger partial charge on any atom is -0.395 e. The molecule has 2 N–H and O–H groups in total. The Balaban J connectivity index is 3.40. The van der Waals surface area contributed by atoms with Gasteiger partial charge in [-0.1, -0.05) is 83.3 Å². The van der Waals surface area contributed by atoms with Gasteiger partial charge in [-0.2, -0.15) is 0 Å². The van der Waals surface area contributed by atoms with Gasteiger partial charge in [-0.25, -0.2) is 0 Å². The van der Waals surface area contributed by atoms with Crippen molar-refractivity contribution in [2.24, 2.45) is 0 Å². The highest BCUT2D eigenvalue weighted by Gasteiger charge is 2.17. The Labute approximate surface area is 144 Å². The topological polar surface area (TPSA) is 43.7 Å². The molecular formula is C20H41NO2. The first-order chi connectivity index (χ1) is 11.1. The summed E-state index contributed by atoms with van der Waals surface area (Å²) in [4.78, 5) is 1.86. The molecule has 138 valence electrons. The fraction of sp³-hybridized carbons (Fsp3) is 0.900. The molecule has 0 aliphatic rings. The lowest BCUT2D eigenvalue weighted by molar-refractivity contribution is 0.0672. The summed E-state index contributed by atoms with van der Waals surface area (Å²) in [7, 11) is 3.75. The Morgan fingerprint density at radius 2 is 1.30 bits per heavy atom. The Morgan fingerprint density at radius 3 is 1.74 bits per heavy atom. The minimum atomic E-state index is -0.581. The summed E-state index contributed by atoms with van der Waals surface area (Å²) < 4.78 is 0. The van der Waals surface area contributed by atoms with Gasteiger partial charge in [0.2, 0.25) is 0 Å². The molecule has 0 radical (unpaired) electrons. The molecule has 0 aromatic heterocycles. The van der Waals surface area contributed by atoms with E-state index in [2.05, 4.69) is 13.0 Å². The van der Waals surface area contributed by atoms with Gasteiger partial charge < -0.3 is 15.1 Å². The van der Waals surface area contributed by atoms with Crippen LogP contribution < -0.4 is 0 Å². The highest BCUT2D eigenvalue weighted by Crippen LogP contribution is 2.12. The summed E-state index contributed by atoms with van der Waals surface area (Å²) >= 11 is 0. The lowest BCUT2D eigenvalue weighted by Gasteiger charge is -2.25. The molecule has 0 saturated carbocycles. The average Bonchev–Trinajstić information content (AvgIpc) is 2.52. The van der Waals surface area contributed by atoms with Crippen LogP contribution in [0.5, 0.6) is 0 Å². The number of rotatable bonds is 16. The normalized spacial score (nSPS) is 14.7. The molecule has 0 unspecified atom stereocenters. The van der Waals surface area contributed by atoms with Crippen LogP contribution in [0.2, 0.25) is 0 Å². The summed E-state index contributed by atoms with van der Waals surface area (Å²) in [5, 5.41) is 19.2. The van der Waals surface area contributed by atoms with E-state index < -0.39 is 6.10 Å². The second-order valence-corrected chi connectivity index (χ2v) is 6.96. The maximum Gasteiger partial charge on any atom is 0.0898 e. The van der Waals surface area contributed by atoms with Crippen LogP contribution in [0.4, 0.5) is 0 Å². The van der Waals surface area contributed by atoms with Crippen LogP contribution in [-0.4, -0.2) is 48.0 Å². The number of aliphatic hydroxyl groups is 2. The summed E-state index contributed by atoms with van der Waals surface area (Å²) in [6.45, 7) is 2.25. The second-order valence-electron chi connectivity index (χ2n) is 6.96. The van der Waals surface area contributed by atoms with Crippen LogP contribution in [0.15, 0.2) is 12.2 Å². The zero-order chi connectivity index (χ0) is 17.3. The molecule has 0 heterocycles. The Bertz CT molecular complexity index is 266. The number of allylic oxidation sites excluding steroid dienone is 1. The molecule has 0 bridgehead atoms. The average molecular weight is 328 g/mol. The van der Waals surface area contributed by atoms with Crippen molar-refractivity contribution in [1.29, 1.82) is 0 Å². The largest absolute Gasteiger partial charge is 0.395 e. The maximum atomic E-state index is 9.97. The van der Waals surface area contributed by atoms with E-state index in [4.69, 9.17) is 0 Å². The van der Waals surface area contributed by atoms with Crippen molar-refractivity contribution < 1.29 is 10.2 Å². The molecule has 3 nitrogen and oxygen atoms in total. The highest BCUT2D eigenvalue weighted by molar-refractivity contribution is 4.94. The molecule has 3 heteroatoms. The number of hydrogen-bond donors (Lipinski definition) is 2. The molecule has 0 saturated heterocycles. The molecular weight excluding hydrogens is 286 g/mol. The monoisotopic (exact) mass is 327 g/mol. The number of likely N-dealkylation sites (N-methyl/N-ethyl adjacent to an activating group) is 1. The smallest absolute Gasteiger partial charge is 0.0898 e. The quantitative estimate of drug-likeness (QED) is 0.323. The Kier molecular flexibility index (Phi) is 16.2. The second kappa shape index (κ2) is 16.5. The zero-order valence-electron chi connectivity index (χ0n) is 15.8. The van der Waals surface area contributed by atoms with E-state index in [9.17, 15) is 10.2 Å². The van der Waals surface area contributed by atoms with Gasteiger partial charge in [0.1, 0.15) is 0 Å². The van der Waals surface area contributed by atoms with Crippen LogP contribution in [0.25, 0.3) is 0 Å². The Hall–Kier alpha value is -0.380. The van der Waals surface area contributed by atoms with E-state index in [0.29, 0.717) is 0 Å². The van der Waals surface area contributed by atoms with Crippen LogP contribution in [-0.2, 0) is 0 Å². The summed E-state index contributed by atoms with van der Waals surface area (Å²) in [5.41, 5.74) is 0. The van der Waals surface area contributed by atoms with Crippen molar-refractivity contribution in [2.75, 3.05) is 20.7 Å². The standard InChI is InChI=1S/C20H41NO2/c1-4-5-6-7-8-9-10-11-12-13-14-15-16-17-20(23)19(18-22)21(2)3/h16-17,19-20,22-23H,4-15,18H2,1-3H3/t19-,20+/m1/s1. The first kappa shape index (κ1) is 22.6. The van der Waals surface area contributed by atoms with Crippen LogP contribution in [0.3, 0.4) is 0 Å². The number of unbranched alkanes of at least 4 members (excludes halogenated alkanes) is 11. The molecule has 23 heavy (non-hydrogen) atoms. The highest BCUT2D eigenvalue weighted by atomic mass is 16.3. The molecule has 0 amide bonds. The van der Waals surface area contributed by atoms with Gasteiger partial charge >= 0.3 is 0 Å². The SMILES string of the molecule is CCCCCCCCCCCCCC=C[C@H](O)[C@@H](CO)N(C)C. The predicted molar refractivity (Wildman–Crippen MR) is 101 cm³/mol. The summed E-state index contributed by atoms with van der Waals surface area (Å²) in [6, 6.07) is -0.205. The van der Waals surface area contributed by atoms with Crippen molar-refractivity contribution >= 4 is 0 Å². The van der Waals surface area contributed by atoms with Crippen molar-refractivity contribution in [3.63, 3.8) is 0 Å². The van der Waals surface area contributed by atoms with E-state index in [1.165, 1.54) is 70.6 Å². The third-order valence-corrected chi connectivity index (χ3v) is 4.55. The first-order valence-corrected chi connectivity index (χ1v) is 9.75. The van der Waals surface area contributed by atoms with Crippen LogP contribution in [0, 0.1) is 0 Å². The third kappa shape index (κ3) is 13.7. The minimum absolute atomic E-state index is 0.0169. The van der Waals surface area contributed by atoms with Crippen molar-refractivity contribution in [2.45, 2.75) is 96.1 Å². The molecule has 0 aromatic carbocycles. The van der Waals surface area contributed by atoms with E-state index in [1.54, 1.807) is 0 Å². The molecule has 0 fully saturated rings. The summed E-state index contributed by atoms with van der Waals surface area (Å²) in [6.07, 6.45) is 19.3. The van der Waals surface area contributed by atoms with Gasteiger partial charge in [-0.05, 0) is 26.9 Å². The lowest BCUT2D eigenvalue weighted by atomic mass is 10.0. The molecule has 0 aromatic rings. The Morgan fingerprint density at radius 1 is 0.826 bits per heavy atom. The molecule has 0 rings (SSSR count). The molecule has 0 aliphatic carbocycles. The molecule has 0 aliphatic heterocycles. The predicted octanol–water partition coefficient (Wildman–Crippen LogP) is 4.53. The fourth-order valence-corrected chi connectivity index (χ4v) is 2.87. The van der Waals surface area contributed by atoms with E-state index in [0.717, 1.165) is 6.42 Å². The van der Waals surface area contributed by atoms with Crippen LogP contribution in [0.1, 0.15) is 84.0 Å². The van der Waals surface area contributed by atoms with Gasteiger partial charge in [0.15, 0.2) is 0 Å². The van der Waals surface area contributed by atoms with Gasteiger partial charge in [0.25, 0.3) is 0 Å². The first-order valence-electron chi connectivity index (χ1n) is 9.75. The fourth-order valence-electron chi connectivity index (χ4n) is 2.87. The van der Waals surface area contributed by atoms with Gasteiger partial charge in [0, 0.05) is 0 Å². The van der Waals surface area contributed by atoms with E-state index >= 15 is 0 Å². The number of hydrogen-bond acceptors (Lipinski definition) is 3. The van der Waals surface area contributed by atoms with Crippen molar-refractivity contribution in [3.8, 4) is 0 Å². The molecule has 2 atom stereocenters. The van der Waals surface area contributed by atoms with E-state index in [-0.39, 0.29) is 12.6 Å². The van der Waals surface area contributed by atoms with E-state index in [1.807, 2.05) is 25.1 Å². The molecule has 0 spiro atoms. The van der Waals surface area contributed by atoms with Gasteiger partial charge in [-0.3, -0.25) is 0 Å². The maximum absolute atomic E-state index is 9.97. The zero-order valence-corrected chi connectivity index (χ0v) is 15.8. The number of aliphatic hydroxyl groups excluding tert-OH is 2. The van der Waals surface area contributed by atoms with Gasteiger partial charge in [0.05, 0.1) is 18.8 Å². The van der Waals surface area contributed by atoms with Crippen LogP contribution >= 0.6 is 0 Å². The van der Waals surface area contributed by atoms with Gasteiger partial charge in [-0.15, -0.1) is 0 Å². The lowest BCUT2D eigenvalue weighted by Crippen LogP contribution is -2.40. The van der Waals surface area contributed by atoms with Crippen molar-refractivity contribution in [3.05, 3.63) is 12.2 Å².